The van der Waals surface area contributed by atoms with E-state index in [-0.39, 0.29) is 11.5 Å². The number of hydrogen-bond acceptors (Lipinski definition) is 4. The lowest BCUT2D eigenvalue weighted by Crippen LogP contribution is -2.51. The Kier molecular flexibility index (Phi) is 5.11. The SMILES string of the molecule is Cc1ccccc1C1C(C=C2C(=O)NC(=O)NC2=O)=C(c2ccccc2)Oc2ccccc21. The summed E-state index contributed by atoms with van der Waals surface area (Å²) in [6, 6.07) is 24.4. The summed E-state index contributed by atoms with van der Waals surface area (Å²) in [4.78, 5) is 36.7. The number of imide groups is 2. The van der Waals surface area contributed by atoms with Gasteiger partial charge in [0, 0.05) is 22.6 Å². The predicted molar refractivity (Wildman–Crippen MR) is 123 cm³/mol. The lowest BCUT2D eigenvalue weighted by Gasteiger charge is -2.31. The normalized spacial score (nSPS) is 17.7. The molecule has 33 heavy (non-hydrogen) atoms. The molecule has 0 aromatic heterocycles. The highest BCUT2D eigenvalue weighted by atomic mass is 16.5. The molecule has 0 spiro atoms. The number of hydrogen-bond donors (Lipinski definition) is 2. The van der Waals surface area contributed by atoms with Crippen LogP contribution in [0.15, 0.2) is 96.1 Å². The molecule has 1 fully saturated rings. The van der Waals surface area contributed by atoms with Crippen molar-refractivity contribution in [3.8, 4) is 5.75 Å². The average molecular weight is 436 g/mol. The number of barbiturate groups is 1. The van der Waals surface area contributed by atoms with Gasteiger partial charge in [-0.05, 0) is 30.2 Å². The number of amides is 4. The monoisotopic (exact) mass is 436 g/mol. The van der Waals surface area contributed by atoms with E-state index in [0.29, 0.717) is 17.1 Å². The minimum Gasteiger partial charge on any atom is -0.456 e. The molecule has 1 saturated heterocycles. The molecule has 0 saturated carbocycles. The second-order valence-corrected chi connectivity index (χ2v) is 7.88. The van der Waals surface area contributed by atoms with Gasteiger partial charge in [-0.15, -0.1) is 0 Å². The molecule has 0 aliphatic carbocycles. The number of allylic oxidation sites excluding steroid dienone is 2. The van der Waals surface area contributed by atoms with Gasteiger partial charge in [0.05, 0.1) is 0 Å². The minimum atomic E-state index is -0.833. The van der Waals surface area contributed by atoms with E-state index in [1.807, 2.05) is 85.8 Å². The number of aryl methyl sites for hydroxylation is 1. The second-order valence-electron chi connectivity index (χ2n) is 7.88. The zero-order valence-electron chi connectivity index (χ0n) is 17.8. The highest BCUT2D eigenvalue weighted by Gasteiger charge is 2.34. The molecule has 2 N–H and O–H groups in total. The number of benzene rings is 3. The lowest BCUT2D eigenvalue weighted by atomic mass is 9.79. The molecular formula is C27H20N2O4. The maximum atomic E-state index is 12.6. The second kappa shape index (κ2) is 8.24. The van der Waals surface area contributed by atoms with Gasteiger partial charge in [0.15, 0.2) is 0 Å². The summed E-state index contributed by atoms with van der Waals surface area (Å²) >= 11 is 0. The number of fused-ring (bicyclic) bond motifs is 1. The molecule has 2 aliphatic heterocycles. The van der Waals surface area contributed by atoms with Crippen molar-refractivity contribution in [3.63, 3.8) is 0 Å². The van der Waals surface area contributed by atoms with Gasteiger partial charge in [0.25, 0.3) is 11.8 Å². The van der Waals surface area contributed by atoms with Crippen molar-refractivity contribution in [1.29, 1.82) is 0 Å². The summed E-state index contributed by atoms with van der Waals surface area (Å²) < 4.78 is 6.36. The number of rotatable bonds is 3. The van der Waals surface area contributed by atoms with Crippen molar-refractivity contribution < 1.29 is 19.1 Å². The number of ether oxygens (including phenoxy) is 1. The van der Waals surface area contributed by atoms with E-state index in [1.165, 1.54) is 6.08 Å². The number of carbonyl (C=O) groups is 3. The first-order valence-electron chi connectivity index (χ1n) is 10.5. The predicted octanol–water partition coefficient (Wildman–Crippen LogP) is 4.22. The van der Waals surface area contributed by atoms with Crippen LogP contribution in [-0.2, 0) is 9.59 Å². The van der Waals surface area contributed by atoms with Crippen LogP contribution in [0.5, 0.6) is 5.75 Å². The van der Waals surface area contributed by atoms with Gasteiger partial charge in [-0.1, -0.05) is 72.8 Å². The van der Waals surface area contributed by atoms with Gasteiger partial charge in [-0.3, -0.25) is 20.2 Å². The third-order valence-electron chi connectivity index (χ3n) is 5.79. The van der Waals surface area contributed by atoms with Gasteiger partial charge in [-0.2, -0.15) is 0 Å². The average Bonchev–Trinajstić information content (AvgIpc) is 2.82. The Morgan fingerprint density at radius 1 is 0.758 bits per heavy atom. The van der Waals surface area contributed by atoms with Crippen molar-refractivity contribution >= 4 is 23.6 Å². The van der Waals surface area contributed by atoms with Crippen LogP contribution in [0, 0.1) is 6.92 Å². The van der Waals surface area contributed by atoms with Gasteiger partial charge in [0.1, 0.15) is 17.1 Å². The molecule has 1 unspecified atom stereocenters. The van der Waals surface area contributed by atoms with E-state index in [4.69, 9.17) is 4.74 Å². The molecule has 5 rings (SSSR count). The molecule has 0 radical (unpaired) electrons. The standard InChI is InChI=1S/C27H20N2O4/c1-16-9-5-6-12-18(16)23-19-13-7-8-14-22(19)33-24(17-10-3-2-4-11-17)20(23)15-21-25(30)28-27(32)29-26(21)31/h2-15,23H,1H3,(H2,28,29,30,31,32). The minimum absolute atomic E-state index is 0.153. The van der Waals surface area contributed by atoms with E-state index in [1.54, 1.807) is 0 Å². The Balaban J connectivity index is 1.81. The summed E-state index contributed by atoms with van der Waals surface area (Å²) in [7, 11) is 0. The summed E-state index contributed by atoms with van der Waals surface area (Å²) in [6.07, 6.45) is 1.53. The van der Waals surface area contributed by atoms with Crippen molar-refractivity contribution in [2.45, 2.75) is 12.8 Å². The van der Waals surface area contributed by atoms with Crippen molar-refractivity contribution in [1.82, 2.24) is 10.6 Å². The number of urea groups is 1. The summed E-state index contributed by atoms with van der Waals surface area (Å²) in [5.74, 6) is -0.527. The van der Waals surface area contributed by atoms with Crippen molar-refractivity contribution in [3.05, 3.63) is 118 Å². The molecule has 2 heterocycles. The maximum Gasteiger partial charge on any atom is 0.328 e. The van der Waals surface area contributed by atoms with Crippen LogP contribution in [-0.4, -0.2) is 17.8 Å². The summed E-state index contributed by atoms with van der Waals surface area (Å²) in [5.41, 5.74) is 4.33. The van der Waals surface area contributed by atoms with Gasteiger partial charge in [-0.25, -0.2) is 4.79 Å². The Bertz CT molecular complexity index is 1330. The molecule has 6 nitrogen and oxygen atoms in total. The first-order valence-corrected chi connectivity index (χ1v) is 10.5. The van der Waals surface area contributed by atoms with Crippen LogP contribution < -0.4 is 15.4 Å². The molecular weight excluding hydrogens is 416 g/mol. The van der Waals surface area contributed by atoms with Crippen LogP contribution in [0.3, 0.4) is 0 Å². The first kappa shape index (κ1) is 20.5. The topological polar surface area (TPSA) is 84.5 Å². The van der Waals surface area contributed by atoms with Crippen LogP contribution in [0.1, 0.15) is 28.2 Å². The van der Waals surface area contributed by atoms with E-state index >= 15 is 0 Å². The quantitative estimate of drug-likeness (QED) is 0.476. The molecule has 3 aromatic rings. The fraction of sp³-hybridized carbons (Fsp3) is 0.0741. The number of carbonyl (C=O) groups excluding carboxylic acids is 3. The Morgan fingerprint density at radius 3 is 2.06 bits per heavy atom. The molecule has 162 valence electrons. The van der Waals surface area contributed by atoms with Crippen LogP contribution in [0.25, 0.3) is 5.76 Å². The largest absolute Gasteiger partial charge is 0.456 e. The van der Waals surface area contributed by atoms with Crippen molar-refractivity contribution in [2.75, 3.05) is 0 Å². The third kappa shape index (κ3) is 3.72. The van der Waals surface area contributed by atoms with Crippen LogP contribution >= 0.6 is 0 Å². The first-order chi connectivity index (χ1) is 16.0. The zero-order valence-corrected chi connectivity index (χ0v) is 17.8. The molecule has 0 bridgehead atoms. The Labute approximate surface area is 190 Å². The molecule has 1 atom stereocenters. The van der Waals surface area contributed by atoms with E-state index < -0.39 is 17.8 Å². The lowest BCUT2D eigenvalue weighted by molar-refractivity contribution is -0.124. The molecule has 4 amide bonds. The fourth-order valence-corrected chi connectivity index (χ4v) is 4.25. The Morgan fingerprint density at radius 2 is 1.36 bits per heavy atom. The highest BCUT2D eigenvalue weighted by Crippen LogP contribution is 2.47. The molecule has 2 aliphatic rings. The zero-order chi connectivity index (χ0) is 22.9. The number of para-hydroxylation sites is 1. The van der Waals surface area contributed by atoms with Crippen LogP contribution in [0.2, 0.25) is 0 Å². The third-order valence-corrected chi connectivity index (χ3v) is 5.79. The summed E-state index contributed by atoms with van der Waals surface area (Å²) in [6.45, 7) is 2.03. The van der Waals surface area contributed by atoms with Gasteiger partial charge in [0.2, 0.25) is 0 Å². The highest BCUT2D eigenvalue weighted by molar-refractivity contribution is 6.29. The van der Waals surface area contributed by atoms with E-state index in [0.717, 1.165) is 22.3 Å². The Hall–Kier alpha value is -4.45. The number of nitrogens with one attached hydrogen (secondary N) is 2. The summed E-state index contributed by atoms with van der Waals surface area (Å²) in [5, 5.41) is 4.30. The van der Waals surface area contributed by atoms with E-state index in [9.17, 15) is 14.4 Å². The molecule has 3 aromatic carbocycles. The maximum absolute atomic E-state index is 12.6. The smallest absolute Gasteiger partial charge is 0.328 e. The van der Waals surface area contributed by atoms with Gasteiger partial charge < -0.3 is 4.74 Å². The van der Waals surface area contributed by atoms with Gasteiger partial charge >= 0.3 is 6.03 Å². The van der Waals surface area contributed by atoms with Crippen molar-refractivity contribution in [2.24, 2.45) is 0 Å². The fourth-order valence-electron chi connectivity index (χ4n) is 4.25. The van der Waals surface area contributed by atoms with Crippen LogP contribution in [0.4, 0.5) is 4.79 Å². The van der Waals surface area contributed by atoms with E-state index in [2.05, 4.69) is 10.6 Å². The molecule has 6 heteroatoms.